The van der Waals surface area contributed by atoms with E-state index in [1.165, 1.54) is 5.56 Å². The Balaban J connectivity index is 2.81. The fourth-order valence-corrected chi connectivity index (χ4v) is 2.33. The summed E-state index contributed by atoms with van der Waals surface area (Å²) in [4.78, 5) is 11.6. The predicted octanol–water partition coefficient (Wildman–Crippen LogP) is 3.43. The number of carbonyl (C=O) groups excluding carboxylic acids is 1. The molecule has 0 aromatic heterocycles. The summed E-state index contributed by atoms with van der Waals surface area (Å²) in [6.45, 7) is 4.19. The fraction of sp³-hybridized carbons (Fsp3) is 0.357. The Kier molecular flexibility index (Phi) is 5.84. The number of hydrogen-bond donors (Lipinski definition) is 1. The molecule has 1 rings (SSSR count). The van der Waals surface area contributed by atoms with Gasteiger partial charge in [-0.05, 0) is 30.5 Å². The summed E-state index contributed by atoms with van der Waals surface area (Å²) >= 11 is 1.57. The SMILES string of the molecule is CCC/C=C(\N)Sc1cc(CC=O)ccc1C. The number of nitrogens with two attached hydrogens (primary N) is 1. The number of aldehydes is 1. The molecule has 0 aliphatic rings. The average Bonchev–Trinajstić information content (AvgIpc) is 2.31. The third-order valence-electron chi connectivity index (χ3n) is 2.43. The van der Waals surface area contributed by atoms with Crippen molar-refractivity contribution in [2.45, 2.75) is 38.0 Å². The Morgan fingerprint density at radius 2 is 2.24 bits per heavy atom. The van der Waals surface area contributed by atoms with Crippen LogP contribution in [0.2, 0.25) is 0 Å². The fourth-order valence-electron chi connectivity index (χ4n) is 1.43. The van der Waals surface area contributed by atoms with Crippen molar-refractivity contribution in [3.8, 4) is 0 Å². The molecule has 0 spiro atoms. The Bertz CT molecular complexity index is 413. The van der Waals surface area contributed by atoms with Gasteiger partial charge < -0.3 is 10.5 Å². The van der Waals surface area contributed by atoms with E-state index in [1.807, 2.05) is 18.2 Å². The number of allylic oxidation sites excluding steroid dienone is 1. The molecule has 0 aliphatic heterocycles. The van der Waals surface area contributed by atoms with Crippen molar-refractivity contribution < 1.29 is 4.79 Å². The molecule has 0 bridgehead atoms. The molecular weight excluding hydrogens is 230 g/mol. The summed E-state index contributed by atoms with van der Waals surface area (Å²) in [5, 5.41) is 0.832. The summed E-state index contributed by atoms with van der Waals surface area (Å²) in [5.41, 5.74) is 8.17. The molecule has 0 saturated heterocycles. The monoisotopic (exact) mass is 249 g/mol. The second kappa shape index (κ2) is 7.17. The van der Waals surface area contributed by atoms with Gasteiger partial charge in [-0.15, -0.1) is 0 Å². The van der Waals surface area contributed by atoms with Crippen molar-refractivity contribution >= 4 is 18.0 Å². The van der Waals surface area contributed by atoms with E-state index in [0.29, 0.717) is 6.42 Å². The molecule has 0 atom stereocenters. The van der Waals surface area contributed by atoms with Gasteiger partial charge >= 0.3 is 0 Å². The van der Waals surface area contributed by atoms with E-state index >= 15 is 0 Å². The van der Waals surface area contributed by atoms with Crippen LogP contribution in [0.5, 0.6) is 0 Å². The first-order chi connectivity index (χ1) is 8.17. The van der Waals surface area contributed by atoms with Gasteiger partial charge in [0.1, 0.15) is 6.29 Å². The first-order valence-electron chi connectivity index (χ1n) is 5.84. The molecule has 0 unspecified atom stereocenters. The van der Waals surface area contributed by atoms with Gasteiger partial charge in [-0.3, -0.25) is 0 Å². The van der Waals surface area contributed by atoms with Gasteiger partial charge in [0.15, 0.2) is 0 Å². The molecule has 2 N–H and O–H groups in total. The van der Waals surface area contributed by atoms with Crippen LogP contribution in [0.4, 0.5) is 0 Å². The van der Waals surface area contributed by atoms with E-state index in [2.05, 4.69) is 19.9 Å². The molecule has 0 fully saturated rings. The van der Waals surface area contributed by atoms with Crippen molar-refractivity contribution in [1.82, 2.24) is 0 Å². The topological polar surface area (TPSA) is 43.1 Å². The molecule has 0 saturated carbocycles. The molecule has 1 aromatic carbocycles. The van der Waals surface area contributed by atoms with Crippen LogP contribution in [0, 0.1) is 6.92 Å². The highest BCUT2D eigenvalue weighted by Gasteiger charge is 2.02. The molecule has 3 heteroatoms. The molecule has 0 radical (unpaired) electrons. The molecule has 1 aromatic rings. The van der Waals surface area contributed by atoms with Crippen molar-refractivity contribution in [1.29, 1.82) is 0 Å². The minimum absolute atomic E-state index is 0.465. The van der Waals surface area contributed by atoms with Crippen molar-refractivity contribution in [3.63, 3.8) is 0 Å². The first kappa shape index (κ1) is 13.8. The second-order valence-electron chi connectivity index (χ2n) is 3.97. The van der Waals surface area contributed by atoms with Crippen molar-refractivity contribution in [2.24, 2.45) is 5.73 Å². The standard InChI is InChI=1S/C14H19NOS/c1-3-4-5-14(15)17-13-10-12(8-9-16)7-6-11(13)2/h5-7,9-10H,3-4,8,15H2,1-2H3/b14-5+. The number of aryl methyl sites for hydroxylation is 1. The quantitative estimate of drug-likeness (QED) is 0.620. The highest BCUT2D eigenvalue weighted by atomic mass is 32.2. The summed E-state index contributed by atoms with van der Waals surface area (Å²) < 4.78 is 0. The molecular formula is C14H19NOS. The van der Waals surface area contributed by atoms with E-state index in [9.17, 15) is 4.79 Å². The third kappa shape index (κ3) is 4.65. The van der Waals surface area contributed by atoms with Crippen LogP contribution in [0.25, 0.3) is 0 Å². The minimum Gasteiger partial charge on any atom is -0.394 e. The minimum atomic E-state index is 0.465. The summed E-state index contributed by atoms with van der Waals surface area (Å²) in [7, 11) is 0. The van der Waals surface area contributed by atoms with Crippen molar-refractivity contribution in [3.05, 3.63) is 40.4 Å². The van der Waals surface area contributed by atoms with E-state index in [-0.39, 0.29) is 0 Å². The summed E-state index contributed by atoms with van der Waals surface area (Å²) in [6.07, 6.45) is 5.55. The second-order valence-corrected chi connectivity index (χ2v) is 5.08. The van der Waals surface area contributed by atoms with Crippen LogP contribution in [-0.4, -0.2) is 6.29 Å². The Labute approximate surface area is 107 Å². The highest BCUT2D eigenvalue weighted by molar-refractivity contribution is 8.03. The lowest BCUT2D eigenvalue weighted by Crippen LogP contribution is -1.94. The molecule has 0 aliphatic carbocycles. The zero-order valence-corrected chi connectivity index (χ0v) is 11.2. The molecule has 2 nitrogen and oxygen atoms in total. The number of carbonyl (C=O) groups is 1. The molecule has 17 heavy (non-hydrogen) atoms. The Morgan fingerprint density at radius 3 is 2.88 bits per heavy atom. The maximum absolute atomic E-state index is 10.5. The van der Waals surface area contributed by atoms with Gasteiger partial charge in [-0.25, -0.2) is 0 Å². The maximum Gasteiger partial charge on any atom is 0.124 e. The lowest BCUT2D eigenvalue weighted by Gasteiger charge is -2.07. The van der Waals surface area contributed by atoms with E-state index in [1.54, 1.807) is 11.8 Å². The van der Waals surface area contributed by atoms with E-state index in [4.69, 9.17) is 5.73 Å². The van der Waals surface area contributed by atoms with Gasteiger partial charge in [-0.1, -0.05) is 43.3 Å². The number of rotatable bonds is 6. The van der Waals surface area contributed by atoms with Crippen LogP contribution in [0.15, 0.2) is 34.2 Å². The van der Waals surface area contributed by atoms with Gasteiger partial charge in [0, 0.05) is 11.3 Å². The largest absolute Gasteiger partial charge is 0.394 e. The summed E-state index contributed by atoms with van der Waals surface area (Å²) in [6, 6.07) is 6.06. The van der Waals surface area contributed by atoms with Gasteiger partial charge in [0.2, 0.25) is 0 Å². The number of benzene rings is 1. The third-order valence-corrected chi connectivity index (χ3v) is 3.50. The zero-order chi connectivity index (χ0) is 12.7. The van der Waals surface area contributed by atoms with Crippen LogP contribution >= 0.6 is 11.8 Å². The first-order valence-corrected chi connectivity index (χ1v) is 6.65. The number of unbranched alkanes of at least 4 members (excludes halogenated alkanes) is 1. The molecule has 0 heterocycles. The van der Waals surface area contributed by atoms with Crippen LogP contribution in [0.3, 0.4) is 0 Å². The van der Waals surface area contributed by atoms with E-state index < -0.39 is 0 Å². The Hall–Kier alpha value is -1.22. The smallest absolute Gasteiger partial charge is 0.124 e. The lowest BCUT2D eigenvalue weighted by atomic mass is 10.1. The van der Waals surface area contributed by atoms with Crippen molar-refractivity contribution in [2.75, 3.05) is 0 Å². The van der Waals surface area contributed by atoms with Crippen LogP contribution in [-0.2, 0) is 11.2 Å². The van der Waals surface area contributed by atoms with Crippen LogP contribution < -0.4 is 5.73 Å². The van der Waals surface area contributed by atoms with E-state index in [0.717, 1.165) is 34.6 Å². The van der Waals surface area contributed by atoms with Gasteiger partial charge in [-0.2, -0.15) is 0 Å². The van der Waals surface area contributed by atoms with Crippen LogP contribution in [0.1, 0.15) is 30.9 Å². The van der Waals surface area contributed by atoms with Gasteiger partial charge in [0.25, 0.3) is 0 Å². The normalized spacial score (nSPS) is 11.5. The zero-order valence-electron chi connectivity index (χ0n) is 10.4. The maximum atomic E-state index is 10.5. The Morgan fingerprint density at radius 1 is 1.47 bits per heavy atom. The average molecular weight is 249 g/mol. The number of thioether (sulfide) groups is 1. The van der Waals surface area contributed by atoms with Gasteiger partial charge in [0.05, 0.1) is 5.03 Å². The highest BCUT2D eigenvalue weighted by Crippen LogP contribution is 2.28. The lowest BCUT2D eigenvalue weighted by molar-refractivity contribution is -0.107. The number of hydrogen-bond acceptors (Lipinski definition) is 3. The molecule has 0 amide bonds. The summed E-state index contributed by atoms with van der Waals surface area (Å²) in [5.74, 6) is 0. The molecule has 92 valence electrons. The predicted molar refractivity (Wildman–Crippen MR) is 74.0 cm³/mol.